The zero-order chi connectivity index (χ0) is 13.4. The highest BCUT2D eigenvalue weighted by molar-refractivity contribution is 6.33. The van der Waals surface area contributed by atoms with Crippen molar-refractivity contribution in [2.75, 3.05) is 11.1 Å². The molecule has 0 amide bonds. The van der Waals surface area contributed by atoms with Gasteiger partial charge in [-0.05, 0) is 12.1 Å². The molecule has 0 bridgehead atoms. The van der Waals surface area contributed by atoms with Gasteiger partial charge in [-0.1, -0.05) is 23.7 Å². The number of fused-ring (bicyclic) bond motifs is 1. The molecule has 4 nitrogen and oxygen atoms in total. The van der Waals surface area contributed by atoms with E-state index in [0.717, 1.165) is 0 Å². The molecule has 0 aliphatic heterocycles. The number of nitrogens with two attached hydrogens (primary N) is 1. The number of hydrogen-bond donors (Lipinski definition) is 2. The molecule has 0 saturated carbocycles. The van der Waals surface area contributed by atoms with E-state index in [2.05, 4.69) is 10.3 Å². The van der Waals surface area contributed by atoms with Gasteiger partial charge in [0.25, 0.3) is 0 Å². The van der Waals surface area contributed by atoms with Crippen molar-refractivity contribution in [3.8, 4) is 0 Å². The molecular formula is C13H9ClFN3O. The van der Waals surface area contributed by atoms with Crippen LogP contribution in [0.4, 0.5) is 21.6 Å². The number of nitrogens with one attached hydrogen (secondary N) is 1. The summed E-state index contributed by atoms with van der Waals surface area (Å²) in [5.74, 6) is -0.446. The van der Waals surface area contributed by atoms with Gasteiger partial charge in [-0.2, -0.15) is 4.39 Å². The molecule has 6 heteroatoms. The van der Waals surface area contributed by atoms with Crippen LogP contribution >= 0.6 is 11.6 Å². The van der Waals surface area contributed by atoms with Crippen LogP contribution in [0.5, 0.6) is 0 Å². The number of anilines is 3. The topological polar surface area (TPSA) is 64.1 Å². The average Bonchev–Trinajstić information content (AvgIpc) is 2.69. The van der Waals surface area contributed by atoms with Crippen LogP contribution in [0.25, 0.3) is 11.0 Å². The van der Waals surface area contributed by atoms with Gasteiger partial charge in [-0.25, -0.2) is 4.98 Å². The van der Waals surface area contributed by atoms with Crippen LogP contribution in [0.15, 0.2) is 40.9 Å². The second-order valence-electron chi connectivity index (χ2n) is 3.95. The lowest BCUT2D eigenvalue weighted by atomic mass is 10.2. The third-order valence-electron chi connectivity index (χ3n) is 2.70. The van der Waals surface area contributed by atoms with E-state index in [1.807, 2.05) is 12.1 Å². The molecule has 0 spiro atoms. The monoisotopic (exact) mass is 277 g/mol. The molecule has 1 aromatic carbocycles. The van der Waals surface area contributed by atoms with Crippen LogP contribution in [-0.4, -0.2) is 4.98 Å². The first-order chi connectivity index (χ1) is 9.15. The Morgan fingerprint density at radius 2 is 2.11 bits per heavy atom. The van der Waals surface area contributed by atoms with Gasteiger partial charge in [0.15, 0.2) is 5.58 Å². The van der Waals surface area contributed by atoms with E-state index in [9.17, 15) is 4.39 Å². The number of pyridine rings is 1. The van der Waals surface area contributed by atoms with Crippen LogP contribution in [-0.2, 0) is 0 Å². The van der Waals surface area contributed by atoms with E-state index in [1.54, 1.807) is 12.1 Å². The fraction of sp³-hybridized carbons (Fsp3) is 0. The minimum Gasteiger partial charge on any atom is -0.437 e. The van der Waals surface area contributed by atoms with Gasteiger partial charge in [0, 0.05) is 6.07 Å². The summed E-state index contributed by atoms with van der Waals surface area (Å²) >= 11 is 6.06. The molecule has 96 valence electrons. The predicted molar refractivity (Wildman–Crippen MR) is 73.1 cm³/mol. The summed E-state index contributed by atoms with van der Waals surface area (Å²) in [5.41, 5.74) is 7.33. The van der Waals surface area contributed by atoms with Gasteiger partial charge in [0.2, 0.25) is 11.8 Å². The number of rotatable bonds is 2. The van der Waals surface area contributed by atoms with Crippen LogP contribution in [0.2, 0.25) is 5.02 Å². The van der Waals surface area contributed by atoms with E-state index < -0.39 is 5.95 Å². The number of aromatic nitrogens is 1. The first-order valence-electron chi connectivity index (χ1n) is 5.50. The molecule has 0 saturated heterocycles. The Morgan fingerprint density at radius 1 is 1.32 bits per heavy atom. The van der Waals surface area contributed by atoms with E-state index in [-0.39, 0.29) is 5.88 Å². The summed E-state index contributed by atoms with van der Waals surface area (Å²) < 4.78 is 18.5. The first-order valence-corrected chi connectivity index (χ1v) is 5.88. The Bertz CT molecular complexity index is 757. The number of benzene rings is 1. The van der Waals surface area contributed by atoms with Gasteiger partial charge >= 0.3 is 0 Å². The van der Waals surface area contributed by atoms with Crippen molar-refractivity contribution in [1.29, 1.82) is 0 Å². The zero-order valence-corrected chi connectivity index (χ0v) is 10.4. The highest BCUT2D eigenvalue weighted by Gasteiger charge is 2.14. The van der Waals surface area contributed by atoms with Gasteiger partial charge < -0.3 is 15.5 Å². The Morgan fingerprint density at radius 3 is 2.89 bits per heavy atom. The standard InChI is InChI=1S/C13H9ClFN3O/c14-8-3-1-2-4-9(8)18-12-7-5-11(15)17-6-10(7)19-13(12)16/h1-6,18H,16H2. The molecule has 19 heavy (non-hydrogen) atoms. The van der Waals surface area contributed by atoms with Crippen molar-refractivity contribution in [2.45, 2.75) is 0 Å². The van der Waals surface area contributed by atoms with Crippen LogP contribution in [0, 0.1) is 5.95 Å². The van der Waals surface area contributed by atoms with E-state index in [4.69, 9.17) is 21.8 Å². The van der Waals surface area contributed by atoms with Gasteiger partial charge in [-0.15, -0.1) is 0 Å². The number of nitrogens with zero attached hydrogens (tertiary/aromatic N) is 1. The van der Waals surface area contributed by atoms with Crippen LogP contribution < -0.4 is 11.1 Å². The normalized spacial score (nSPS) is 10.8. The molecule has 0 radical (unpaired) electrons. The molecular weight excluding hydrogens is 269 g/mol. The predicted octanol–water partition coefficient (Wildman–Crippen LogP) is 3.95. The SMILES string of the molecule is Nc1oc2cnc(F)cc2c1Nc1ccccc1Cl. The van der Waals surface area contributed by atoms with Crippen molar-refractivity contribution in [3.05, 3.63) is 47.5 Å². The first kappa shape index (κ1) is 11.8. The van der Waals surface area contributed by atoms with E-state index in [0.29, 0.717) is 27.4 Å². The molecule has 0 fully saturated rings. The highest BCUT2D eigenvalue weighted by Crippen LogP contribution is 2.36. The second-order valence-corrected chi connectivity index (χ2v) is 4.36. The van der Waals surface area contributed by atoms with Crippen molar-refractivity contribution in [2.24, 2.45) is 0 Å². The smallest absolute Gasteiger partial charge is 0.215 e. The quantitative estimate of drug-likeness (QED) is 0.696. The molecule has 3 rings (SSSR count). The zero-order valence-electron chi connectivity index (χ0n) is 9.65. The Hall–Kier alpha value is -2.27. The maximum absolute atomic E-state index is 13.2. The molecule has 2 aromatic heterocycles. The van der Waals surface area contributed by atoms with Crippen LogP contribution in [0.3, 0.4) is 0 Å². The van der Waals surface area contributed by atoms with Crippen molar-refractivity contribution in [3.63, 3.8) is 0 Å². The lowest BCUT2D eigenvalue weighted by Crippen LogP contribution is -1.94. The highest BCUT2D eigenvalue weighted by atomic mass is 35.5. The Labute approximate surface area is 113 Å². The summed E-state index contributed by atoms with van der Waals surface area (Å²) in [6, 6.07) is 8.43. The number of nitrogen functional groups attached to an aromatic ring is 1. The summed E-state index contributed by atoms with van der Waals surface area (Å²) in [6.45, 7) is 0. The molecule has 3 N–H and O–H groups in total. The van der Waals surface area contributed by atoms with Crippen molar-refractivity contribution < 1.29 is 8.81 Å². The minimum atomic E-state index is -0.601. The molecule has 0 atom stereocenters. The number of furan rings is 1. The number of halogens is 2. The van der Waals surface area contributed by atoms with Crippen molar-refractivity contribution in [1.82, 2.24) is 4.98 Å². The lowest BCUT2D eigenvalue weighted by Gasteiger charge is -2.06. The Balaban J connectivity index is 2.12. The average molecular weight is 278 g/mol. The second kappa shape index (κ2) is 4.44. The molecule has 0 unspecified atom stereocenters. The minimum absolute atomic E-state index is 0.155. The van der Waals surface area contributed by atoms with Crippen molar-refractivity contribution >= 4 is 39.8 Å². The molecule has 0 aliphatic rings. The molecule has 0 aliphatic carbocycles. The van der Waals surface area contributed by atoms with E-state index in [1.165, 1.54) is 12.3 Å². The van der Waals surface area contributed by atoms with Gasteiger partial charge in [0.05, 0.1) is 22.3 Å². The molecule has 2 heterocycles. The number of hydrogen-bond acceptors (Lipinski definition) is 4. The lowest BCUT2D eigenvalue weighted by molar-refractivity contribution is 0.580. The summed E-state index contributed by atoms with van der Waals surface area (Å²) in [4.78, 5) is 3.52. The third kappa shape index (κ3) is 2.08. The largest absolute Gasteiger partial charge is 0.437 e. The van der Waals surface area contributed by atoms with E-state index >= 15 is 0 Å². The van der Waals surface area contributed by atoms with Gasteiger partial charge in [-0.3, -0.25) is 0 Å². The summed E-state index contributed by atoms with van der Waals surface area (Å²) in [5, 5.41) is 4.10. The van der Waals surface area contributed by atoms with Crippen LogP contribution in [0.1, 0.15) is 0 Å². The summed E-state index contributed by atoms with van der Waals surface area (Å²) in [7, 11) is 0. The fourth-order valence-electron chi connectivity index (χ4n) is 1.82. The van der Waals surface area contributed by atoms with Gasteiger partial charge in [0.1, 0.15) is 5.69 Å². The fourth-order valence-corrected chi connectivity index (χ4v) is 2.01. The Kier molecular flexibility index (Phi) is 2.76. The maximum Gasteiger partial charge on any atom is 0.215 e. The molecule has 3 aromatic rings. The summed E-state index contributed by atoms with van der Waals surface area (Å²) in [6.07, 6.45) is 1.29. The number of para-hydroxylation sites is 1. The third-order valence-corrected chi connectivity index (χ3v) is 3.03. The maximum atomic E-state index is 13.2.